The molecule has 0 atom stereocenters. The van der Waals surface area contributed by atoms with Gasteiger partial charge in [-0.1, -0.05) is 30.8 Å². The van der Waals surface area contributed by atoms with Crippen LogP contribution >= 0.6 is 11.8 Å². The number of hydrogen-bond donors (Lipinski definition) is 0. The normalized spacial score (nSPS) is 17.6. The molecule has 0 N–H and O–H groups in total. The second-order valence-corrected chi connectivity index (χ2v) is 9.16. The van der Waals surface area contributed by atoms with Gasteiger partial charge in [0.25, 0.3) is 0 Å². The van der Waals surface area contributed by atoms with Gasteiger partial charge < -0.3 is 9.80 Å². The monoisotopic (exact) mass is 417 g/mol. The number of aromatic nitrogens is 3. The molecule has 2 aliphatic rings. The maximum atomic E-state index is 13.4. The van der Waals surface area contributed by atoms with E-state index < -0.39 is 0 Å². The van der Waals surface area contributed by atoms with Crippen molar-refractivity contribution in [3.63, 3.8) is 0 Å². The summed E-state index contributed by atoms with van der Waals surface area (Å²) in [6, 6.07) is 6.83. The molecule has 8 heteroatoms. The van der Waals surface area contributed by atoms with Crippen LogP contribution in [0.25, 0.3) is 0 Å². The van der Waals surface area contributed by atoms with E-state index in [0.717, 1.165) is 48.5 Å². The van der Waals surface area contributed by atoms with Gasteiger partial charge in [-0.05, 0) is 49.3 Å². The third kappa shape index (κ3) is 4.91. The number of thioether (sulfide) groups is 1. The predicted octanol–water partition coefficient (Wildman–Crippen LogP) is 3.74. The van der Waals surface area contributed by atoms with Gasteiger partial charge in [-0.2, -0.15) is 0 Å². The highest BCUT2D eigenvalue weighted by molar-refractivity contribution is 7.99. The van der Waals surface area contributed by atoms with Gasteiger partial charge in [-0.3, -0.25) is 9.36 Å². The van der Waals surface area contributed by atoms with Crippen molar-refractivity contribution < 1.29 is 9.18 Å². The first-order valence-electron chi connectivity index (χ1n) is 10.3. The summed E-state index contributed by atoms with van der Waals surface area (Å²) in [6.07, 6.45) is 4.67. The van der Waals surface area contributed by atoms with E-state index >= 15 is 0 Å². The molecular weight excluding hydrogens is 389 g/mol. The van der Waals surface area contributed by atoms with E-state index in [-0.39, 0.29) is 11.7 Å². The molecule has 156 valence electrons. The summed E-state index contributed by atoms with van der Waals surface area (Å²) >= 11 is 1.45. The Kier molecular flexibility index (Phi) is 6.08. The van der Waals surface area contributed by atoms with Gasteiger partial charge in [0, 0.05) is 32.7 Å². The number of nitrogens with zero attached hydrogens (tertiary/aromatic N) is 5. The van der Waals surface area contributed by atoms with Crippen LogP contribution in [0.1, 0.15) is 44.2 Å². The predicted molar refractivity (Wildman–Crippen MR) is 113 cm³/mol. The van der Waals surface area contributed by atoms with Gasteiger partial charge in [0.05, 0.1) is 5.75 Å². The minimum Gasteiger partial charge on any atom is -0.341 e. The standard InChI is InChI=1S/C21H28FN5OS/c1-15-8-10-26(11-9-15)20-23-24-21(27(20)18-6-7-18)29-14-19(28)25(2)13-16-4-3-5-17(22)12-16/h3-5,12,15,18H,6-11,13-14H2,1-2H3. The molecule has 1 saturated carbocycles. The quantitative estimate of drug-likeness (QED) is 0.643. The number of hydrogen-bond acceptors (Lipinski definition) is 5. The average Bonchev–Trinajstić information content (AvgIpc) is 3.46. The van der Waals surface area contributed by atoms with Crippen molar-refractivity contribution in [1.29, 1.82) is 0 Å². The molecule has 1 aromatic heterocycles. The molecule has 1 aromatic carbocycles. The second-order valence-electron chi connectivity index (χ2n) is 8.22. The molecule has 29 heavy (non-hydrogen) atoms. The Morgan fingerprint density at radius 2 is 2.00 bits per heavy atom. The van der Waals surface area contributed by atoms with Crippen LogP contribution in [0, 0.1) is 11.7 Å². The van der Waals surface area contributed by atoms with Crippen molar-refractivity contribution in [2.24, 2.45) is 5.92 Å². The molecule has 1 saturated heterocycles. The van der Waals surface area contributed by atoms with E-state index in [2.05, 4.69) is 26.6 Å². The molecule has 0 spiro atoms. The van der Waals surface area contributed by atoms with E-state index in [1.165, 1.54) is 36.7 Å². The van der Waals surface area contributed by atoms with Crippen molar-refractivity contribution in [3.8, 4) is 0 Å². The lowest BCUT2D eigenvalue weighted by molar-refractivity contribution is -0.127. The van der Waals surface area contributed by atoms with Gasteiger partial charge >= 0.3 is 0 Å². The van der Waals surface area contributed by atoms with Gasteiger partial charge in [-0.25, -0.2) is 4.39 Å². The Balaban J connectivity index is 1.38. The Morgan fingerprint density at radius 3 is 2.69 bits per heavy atom. The molecule has 0 unspecified atom stereocenters. The van der Waals surface area contributed by atoms with E-state index in [9.17, 15) is 9.18 Å². The zero-order valence-electron chi connectivity index (χ0n) is 17.1. The molecule has 0 bridgehead atoms. The van der Waals surface area contributed by atoms with Crippen LogP contribution < -0.4 is 4.90 Å². The van der Waals surface area contributed by atoms with Gasteiger partial charge in [0.2, 0.25) is 11.9 Å². The van der Waals surface area contributed by atoms with Crippen LogP contribution in [0.5, 0.6) is 0 Å². The summed E-state index contributed by atoms with van der Waals surface area (Å²) in [4.78, 5) is 16.6. The summed E-state index contributed by atoms with van der Waals surface area (Å²) < 4.78 is 15.6. The molecule has 6 nitrogen and oxygen atoms in total. The van der Waals surface area contributed by atoms with Crippen LogP contribution in [0.2, 0.25) is 0 Å². The summed E-state index contributed by atoms with van der Waals surface area (Å²) in [5.41, 5.74) is 0.786. The van der Waals surface area contributed by atoms with Crippen molar-refractivity contribution in [1.82, 2.24) is 19.7 Å². The van der Waals surface area contributed by atoms with Crippen LogP contribution in [0.15, 0.2) is 29.4 Å². The van der Waals surface area contributed by atoms with Crippen LogP contribution in [0.3, 0.4) is 0 Å². The first-order valence-corrected chi connectivity index (χ1v) is 11.3. The fourth-order valence-corrected chi connectivity index (χ4v) is 4.62. The molecule has 2 heterocycles. The minimum atomic E-state index is -0.283. The Labute approximate surface area is 175 Å². The van der Waals surface area contributed by atoms with Crippen LogP contribution in [0.4, 0.5) is 10.3 Å². The number of amides is 1. The van der Waals surface area contributed by atoms with Crippen LogP contribution in [-0.4, -0.2) is 51.5 Å². The molecule has 1 amide bonds. The lowest BCUT2D eigenvalue weighted by Crippen LogP contribution is -2.34. The number of piperidine rings is 1. The Hall–Kier alpha value is -2.09. The third-order valence-corrected chi connectivity index (χ3v) is 6.61. The Morgan fingerprint density at radius 1 is 1.24 bits per heavy atom. The topological polar surface area (TPSA) is 54.3 Å². The zero-order chi connectivity index (χ0) is 20.4. The first kappa shape index (κ1) is 20.2. The second kappa shape index (κ2) is 8.73. The number of halogens is 1. The lowest BCUT2D eigenvalue weighted by atomic mass is 10.00. The number of rotatable bonds is 7. The largest absolute Gasteiger partial charge is 0.341 e. The minimum absolute atomic E-state index is 0.00189. The fourth-order valence-electron chi connectivity index (χ4n) is 3.68. The molecule has 0 radical (unpaired) electrons. The van der Waals surface area contributed by atoms with Gasteiger partial charge in [0.1, 0.15) is 5.82 Å². The Bertz CT molecular complexity index is 861. The van der Waals surface area contributed by atoms with Gasteiger partial charge in [-0.15, -0.1) is 10.2 Å². The van der Waals surface area contributed by atoms with Crippen molar-refractivity contribution in [3.05, 3.63) is 35.6 Å². The van der Waals surface area contributed by atoms with E-state index in [1.807, 2.05) is 6.07 Å². The highest BCUT2D eigenvalue weighted by atomic mass is 32.2. The summed E-state index contributed by atoms with van der Waals surface area (Å²) in [7, 11) is 1.75. The molecule has 1 aliphatic carbocycles. The summed E-state index contributed by atoms with van der Waals surface area (Å²) in [6.45, 7) is 4.73. The van der Waals surface area contributed by atoms with Crippen LogP contribution in [-0.2, 0) is 11.3 Å². The van der Waals surface area contributed by atoms with E-state index in [0.29, 0.717) is 18.3 Å². The molecule has 4 rings (SSSR count). The number of carbonyl (C=O) groups is 1. The molecular formula is C21H28FN5OS. The number of benzene rings is 1. The zero-order valence-corrected chi connectivity index (χ0v) is 17.9. The first-order chi connectivity index (χ1) is 14.0. The number of anilines is 1. The highest BCUT2D eigenvalue weighted by Gasteiger charge is 2.32. The van der Waals surface area contributed by atoms with Gasteiger partial charge in [0.15, 0.2) is 5.16 Å². The SMILES string of the molecule is CC1CCN(c2nnc(SCC(=O)N(C)Cc3cccc(F)c3)n2C2CC2)CC1. The summed E-state index contributed by atoms with van der Waals surface area (Å²) in [5.74, 6) is 1.74. The van der Waals surface area contributed by atoms with Crippen molar-refractivity contribution in [2.45, 2.75) is 50.4 Å². The average molecular weight is 418 g/mol. The maximum Gasteiger partial charge on any atom is 0.233 e. The molecule has 2 aromatic rings. The smallest absolute Gasteiger partial charge is 0.233 e. The number of carbonyl (C=O) groups excluding carboxylic acids is 1. The highest BCUT2D eigenvalue weighted by Crippen LogP contribution is 2.41. The molecule has 2 fully saturated rings. The summed E-state index contributed by atoms with van der Waals surface area (Å²) in [5, 5.41) is 9.72. The fraction of sp³-hybridized carbons (Fsp3) is 0.571. The third-order valence-electron chi connectivity index (χ3n) is 5.68. The maximum absolute atomic E-state index is 13.4. The van der Waals surface area contributed by atoms with E-state index in [4.69, 9.17) is 0 Å². The van der Waals surface area contributed by atoms with Crippen molar-refractivity contribution >= 4 is 23.6 Å². The lowest BCUT2D eigenvalue weighted by Gasteiger charge is -2.31. The van der Waals surface area contributed by atoms with E-state index in [1.54, 1.807) is 18.0 Å². The molecule has 1 aliphatic heterocycles. The van der Waals surface area contributed by atoms with Crippen molar-refractivity contribution in [2.75, 3.05) is 30.8 Å².